The molecule has 7 heteroatoms. The standard InChI is InChI=1S/C12H12BrN5O/c1-7-16-17-12(18(7)10-2-3-10)15-11(19)8-4-9(13)6-14-5-8/h4-6,10H,2-3H2,1H3,(H,15,17,19). The Kier molecular flexibility index (Phi) is 3.06. The van der Waals surface area contributed by atoms with Crippen molar-refractivity contribution in [1.29, 1.82) is 0 Å². The lowest BCUT2D eigenvalue weighted by Gasteiger charge is -2.08. The lowest BCUT2D eigenvalue weighted by atomic mass is 10.3. The van der Waals surface area contributed by atoms with E-state index in [2.05, 4.69) is 36.4 Å². The molecule has 1 N–H and O–H groups in total. The molecule has 0 bridgehead atoms. The van der Waals surface area contributed by atoms with Crippen molar-refractivity contribution in [2.24, 2.45) is 0 Å². The maximum Gasteiger partial charge on any atom is 0.259 e. The number of nitrogens with zero attached hydrogens (tertiary/aromatic N) is 4. The van der Waals surface area contributed by atoms with E-state index >= 15 is 0 Å². The highest BCUT2D eigenvalue weighted by Crippen LogP contribution is 2.37. The largest absolute Gasteiger partial charge is 0.294 e. The normalized spacial score (nSPS) is 14.4. The number of halogens is 1. The minimum atomic E-state index is -0.233. The fraction of sp³-hybridized carbons (Fsp3) is 0.333. The van der Waals surface area contributed by atoms with E-state index in [1.807, 2.05) is 11.5 Å². The van der Waals surface area contributed by atoms with E-state index in [0.29, 0.717) is 17.6 Å². The first kappa shape index (κ1) is 12.3. The Morgan fingerprint density at radius 3 is 2.89 bits per heavy atom. The van der Waals surface area contributed by atoms with E-state index in [-0.39, 0.29) is 5.91 Å². The molecule has 3 rings (SSSR count). The second kappa shape index (κ2) is 4.73. The number of hydrogen-bond donors (Lipinski definition) is 1. The summed E-state index contributed by atoms with van der Waals surface area (Å²) in [5, 5.41) is 10.8. The zero-order valence-corrected chi connectivity index (χ0v) is 11.9. The van der Waals surface area contributed by atoms with Crippen molar-refractivity contribution in [3.8, 4) is 0 Å². The lowest BCUT2D eigenvalue weighted by molar-refractivity contribution is 0.102. The second-order valence-corrected chi connectivity index (χ2v) is 5.43. The highest BCUT2D eigenvalue weighted by atomic mass is 79.9. The van der Waals surface area contributed by atoms with Crippen molar-refractivity contribution < 1.29 is 4.79 Å². The Hall–Kier alpha value is -1.76. The Bertz CT molecular complexity index is 635. The zero-order chi connectivity index (χ0) is 13.4. The molecule has 2 aromatic rings. The van der Waals surface area contributed by atoms with E-state index in [1.54, 1.807) is 12.3 Å². The van der Waals surface area contributed by atoms with Gasteiger partial charge in [0.2, 0.25) is 5.95 Å². The maximum absolute atomic E-state index is 12.1. The fourth-order valence-electron chi connectivity index (χ4n) is 1.93. The SMILES string of the molecule is Cc1nnc(NC(=O)c2cncc(Br)c2)n1C1CC1. The van der Waals surface area contributed by atoms with Gasteiger partial charge in [-0.05, 0) is 41.8 Å². The van der Waals surface area contributed by atoms with Gasteiger partial charge < -0.3 is 0 Å². The first-order valence-corrected chi connectivity index (χ1v) is 6.78. The first-order chi connectivity index (χ1) is 9.15. The van der Waals surface area contributed by atoms with Gasteiger partial charge in [-0.25, -0.2) is 0 Å². The highest BCUT2D eigenvalue weighted by Gasteiger charge is 2.28. The summed E-state index contributed by atoms with van der Waals surface area (Å²) < 4.78 is 2.74. The lowest BCUT2D eigenvalue weighted by Crippen LogP contribution is -2.16. The van der Waals surface area contributed by atoms with Gasteiger partial charge in [0.25, 0.3) is 5.91 Å². The third-order valence-corrected chi connectivity index (χ3v) is 3.40. The van der Waals surface area contributed by atoms with Crippen molar-refractivity contribution in [2.45, 2.75) is 25.8 Å². The quantitative estimate of drug-likeness (QED) is 0.941. The number of pyridine rings is 1. The molecule has 2 heterocycles. The number of anilines is 1. The molecule has 19 heavy (non-hydrogen) atoms. The van der Waals surface area contributed by atoms with Crippen LogP contribution in [0.1, 0.15) is 35.1 Å². The molecule has 0 aliphatic heterocycles. The average molecular weight is 322 g/mol. The van der Waals surface area contributed by atoms with E-state index in [4.69, 9.17) is 0 Å². The van der Waals surface area contributed by atoms with Crippen molar-refractivity contribution in [3.63, 3.8) is 0 Å². The molecular formula is C12H12BrN5O. The highest BCUT2D eigenvalue weighted by molar-refractivity contribution is 9.10. The van der Waals surface area contributed by atoms with Gasteiger partial charge >= 0.3 is 0 Å². The van der Waals surface area contributed by atoms with Gasteiger partial charge in [0.05, 0.1) is 5.56 Å². The van der Waals surface area contributed by atoms with E-state index in [9.17, 15) is 4.79 Å². The number of carbonyl (C=O) groups excluding carboxylic acids is 1. The van der Waals surface area contributed by atoms with Gasteiger partial charge in [0.15, 0.2) is 0 Å². The summed E-state index contributed by atoms with van der Waals surface area (Å²) in [5.41, 5.74) is 0.484. The van der Waals surface area contributed by atoms with Crippen molar-refractivity contribution in [2.75, 3.05) is 5.32 Å². The number of carbonyl (C=O) groups is 1. The van der Waals surface area contributed by atoms with Gasteiger partial charge in [-0.1, -0.05) is 0 Å². The van der Waals surface area contributed by atoms with Crippen LogP contribution >= 0.6 is 15.9 Å². The predicted octanol–water partition coefficient (Wildman–Crippen LogP) is 2.33. The monoisotopic (exact) mass is 321 g/mol. The molecule has 1 aliphatic carbocycles. The molecule has 0 atom stereocenters. The minimum Gasteiger partial charge on any atom is -0.294 e. The summed E-state index contributed by atoms with van der Waals surface area (Å²) in [6.45, 7) is 1.89. The molecule has 98 valence electrons. The number of hydrogen-bond acceptors (Lipinski definition) is 4. The Morgan fingerprint density at radius 2 is 2.21 bits per heavy atom. The van der Waals surface area contributed by atoms with Gasteiger partial charge in [-0.2, -0.15) is 0 Å². The molecule has 2 aromatic heterocycles. The molecule has 1 fully saturated rings. The van der Waals surface area contributed by atoms with Crippen LogP contribution in [0.3, 0.4) is 0 Å². The topological polar surface area (TPSA) is 72.7 Å². The number of aryl methyl sites for hydroxylation is 1. The summed E-state index contributed by atoms with van der Waals surface area (Å²) in [5.74, 6) is 1.10. The number of aromatic nitrogens is 4. The van der Waals surface area contributed by atoms with Crippen LogP contribution in [-0.4, -0.2) is 25.7 Å². The van der Waals surface area contributed by atoms with Crippen LogP contribution in [0, 0.1) is 6.92 Å². The van der Waals surface area contributed by atoms with E-state index < -0.39 is 0 Å². The first-order valence-electron chi connectivity index (χ1n) is 5.98. The Labute approximate surface area is 118 Å². The van der Waals surface area contributed by atoms with Gasteiger partial charge in [-0.3, -0.25) is 19.7 Å². The summed E-state index contributed by atoms with van der Waals surface area (Å²) in [7, 11) is 0. The smallest absolute Gasteiger partial charge is 0.259 e. The third-order valence-electron chi connectivity index (χ3n) is 2.97. The van der Waals surface area contributed by atoms with Crippen molar-refractivity contribution in [1.82, 2.24) is 19.7 Å². The van der Waals surface area contributed by atoms with Gasteiger partial charge in [0.1, 0.15) is 5.82 Å². The van der Waals surface area contributed by atoms with Crippen LogP contribution in [-0.2, 0) is 0 Å². The molecule has 0 radical (unpaired) electrons. The fourth-order valence-corrected chi connectivity index (χ4v) is 2.30. The molecule has 1 saturated carbocycles. The van der Waals surface area contributed by atoms with Crippen molar-refractivity contribution >= 4 is 27.8 Å². The summed E-state index contributed by atoms with van der Waals surface area (Å²) in [6.07, 6.45) is 5.37. The molecule has 1 amide bonds. The molecule has 0 spiro atoms. The second-order valence-electron chi connectivity index (χ2n) is 4.52. The molecule has 0 aromatic carbocycles. The summed E-state index contributed by atoms with van der Waals surface area (Å²) >= 11 is 3.29. The minimum absolute atomic E-state index is 0.233. The van der Waals surface area contributed by atoms with Crippen LogP contribution in [0.5, 0.6) is 0 Å². The average Bonchev–Trinajstić information content (AvgIpc) is 3.15. The number of rotatable bonds is 3. The zero-order valence-electron chi connectivity index (χ0n) is 10.3. The number of nitrogens with one attached hydrogen (secondary N) is 1. The van der Waals surface area contributed by atoms with E-state index in [0.717, 1.165) is 23.1 Å². The molecule has 0 unspecified atom stereocenters. The van der Waals surface area contributed by atoms with E-state index in [1.165, 1.54) is 6.20 Å². The molecule has 6 nitrogen and oxygen atoms in total. The van der Waals surface area contributed by atoms with Crippen LogP contribution in [0.4, 0.5) is 5.95 Å². The number of amides is 1. The molecule has 1 aliphatic rings. The Morgan fingerprint density at radius 1 is 1.42 bits per heavy atom. The molecular weight excluding hydrogens is 310 g/mol. The Balaban J connectivity index is 1.83. The van der Waals surface area contributed by atoms with Crippen LogP contribution in [0.2, 0.25) is 0 Å². The molecule has 0 saturated heterocycles. The third kappa shape index (κ3) is 2.51. The predicted molar refractivity (Wildman–Crippen MR) is 72.9 cm³/mol. The summed E-state index contributed by atoms with van der Waals surface area (Å²) in [4.78, 5) is 16.1. The van der Waals surface area contributed by atoms with Crippen LogP contribution in [0.15, 0.2) is 22.9 Å². The van der Waals surface area contributed by atoms with Crippen LogP contribution in [0.25, 0.3) is 0 Å². The van der Waals surface area contributed by atoms with Crippen molar-refractivity contribution in [3.05, 3.63) is 34.3 Å². The van der Waals surface area contributed by atoms with Gasteiger partial charge in [-0.15, -0.1) is 10.2 Å². The maximum atomic E-state index is 12.1. The van der Waals surface area contributed by atoms with Gasteiger partial charge in [0, 0.05) is 22.9 Å². The van der Waals surface area contributed by atoms with Crippen LogP contribution < -0.4 is 5.32 Å². The summed E-state index contributed by atoms with van der Waals surface area (Å²) in [6, 6.07) is 2.14.